The molecule has 7 nitrogen and oxygen atoms in total. The van der Waals surface area contributed by atoms with Crippen molar-refractivity contribution >= 4 is 29.2 Å². The molecule has 1 N–H and O–H groups in total. The zero-order valence-corrected chi connectivity index (χ0v) is 15.4. The van der Waals surface area contributed by atoms with Crippen LogP contribution in [0.15, 0.2) is 17.5 Å². The van der Waals surface area contributed by atoms with Crippen molar-refractivity contribution in [2.24, 2.45) is 5.92 Å². The fourth-order valence-corrected chi connectivity index (χ4v) is 4.75. The Bertz CT molecular complexity index is 699. The van der Waals surface area contributed by atoms with Gasteiger partial charge in [-0.2, -0.15) is 0 Å². The average molecular weight is 377 g/mol. The van der Waals surface area contributed by atoms with Gasteiger partial charge in [0.25, 0.3) is 5.91 Å². The maximum absolute atomic E-state index is 12.8. The normalized spacial score (nSPS) is 25.4. The molecule has 3 fully saturated rings. The summed E-state index contributed by atoms with van der Waals surface area (Å²) in [4.78, 5) is 41.9. The van der Waals surface area contributed by atoms with E-state index in [0.717, 1.165) is 6.42 Å². The predicted octanol–water partition coefficient (Wildman–Crippen LogP) is 1.24. The summed E-state index contributed by atoms with van der Waals surface area (Å²) in [6, 6.07) is 3.75. The Morgan fingerprint density at radius 1 is 1.27 bits per heavy atom. The van der Waals surface area contributed by atoms with Gasteiger partial charge < -0.3 is 15.0 Å². The van der Waals surface area contributed by atoms with Crippen LogP contribution in [-0.4, -0.2) is 66.0 Å². The second-order valence-corrected chi connectivity index (χ2v) is 8.31. The molecular formula is C18H23N3O4S. The van der Waals surface area contributed by atoms with E-state index < -0.39 is 5.54 Å². The van der Waals surface area contributed by atoms with Crippen molar-refractivity contribution < 1.29 is 19.1 Å². The van der Waals surface area contributed by atoms with Crippen molar-refractivity contribution in [3.8, 4) is 0 Å². The zero-order valence-electron chi connectivity index (χ0n) is 14.6. The number of nitrogens with zero attached hydrogens (tertiary/aromatic N) is 2. The molecule has 1 aromatic heterocycles. The number of imide groups is 1. The molecule has 1 spiro atoms. The third kappa shape index (κ3) is 3.23. The first kappa shape index (κ1) is 17.5. The highest BCUT2D eigenvalue weighted by molar-refractivity contribution is 7.09. The lowest BCUT2D eigenvalue weighted by molar-refractivity contribution is -0.135. The molecule has 26 heavy (non-hydrogen) atoms. The van der Waals surface area contributed by atoms with Gasteiger partial charge in [0.05, 0.1) is 0 Å². The van der Waals surface area contributed by atoms with E-state index in [0.29, 0.717) is 52.1 Å². The van der Waals surface area contributed by atoms with E-state index >= 15 is 0 Å². The molecule has 0 saturated carbocycles. The Hall–Kier alpha value is -1.93. The highest BCUT2D eigenvalue weighted by Crippen LogP contribution is 2.30. The van der Waals surface area contributed by atoms with E-state index in [1.54, 1.807) is 11.3 Å². The standard InChI is InChI=1S/C18H23N3O4S/c22-15-10-13(11-20(15)6-3-14-2-1-9-26-14)12-21-16(23)18(19-17(21)24)4-7-25-8-5-18/h1-2,9,13H,3-8,10-12H2,(H,19,24). The van der Waals surface area contributed by atoms with Gasteiger partial charge in [-0.3, -0.25) is 14.5 Å². The highest BCUT2D eigenvalue weighted by atomic mass is 32.1. The maximum Gasteiger partial charge on any atom is 0.325 e. The van der Waals surface area contributed by atoms with Gasteiger partial charge >= 0.3 is 6.03 Å². The first-order valence-corrected chi connectivity index (χ1v) is 9.97. The van der Waals surface area contributed by atoms with Gasteiger partial charge in [-0.25, -0.2) is 4.79 Å². The largest absolute Gasteiger partial charge is 0.381 e. The van der Waals surface area contributed by atoms with Crippen LogP contribution in [-0.2, 0) is 20.7 Å². The van der Waals surface area contributed by atoms with Crippen LogP contribution in [0.3, 0.4) is 0 Å². The molecule has 3 saturated heterocycles. The number of likely N-dealkylation sites (tertiary alicyclic amines) is 1. The number of nitrogens with one attached hydrogen (secondary N) is 1. The Kier molecular flexibility index (Phi) is 4.71. The van der Waals surface area contributed by atoms with Gasteiger partial charge in [0, 0.05) is 62.9 Å². The molecular weight excluding hydrogens is 354 g/mol. The molecule has 1 atom stereocenters. The summed E-state index contributed by atoms with van der Waals surface area (Å²) in [7, 11) is 0. The number of hydrogen-bond donors (Lipinski definition) is 1. The summed E-state index contributed by atoms with van der Waals surface area (Å²) < 4.78 is 5.32. The molecule has 140 valence electrons. The Morgan fingerprint density at radius 3 is 2.81 bits per heavy atom. The lowest BCUT2D eigenvalue weighted by atomic mass is 9.90. The number of thiophene rings is 1. The van der Waals surface area contributed by atoms with Gasteiger partial charge in [-0.15, -0.1) is 11.3 Å². The van der Waals surface area contributed by atoms with E-state index in [4.69, 9.17) is 4.74 Å². The predicted molar refractivity (Wildman–Crippen MR) is 95.7 cm³/mol. The molecule has 0 aromatic carbocycles. The van der Waals surface area contributed by atoms with Gasteiger partial charge in [0.2, 0.25) is 5.91 Å². The van der Waals surface area contributed by atoms with Crippen LogP contribution in [0.5, 0.6) is 0 Å². The lowest BCUT2D eigenvalue weighted by Gasteiger charge is -2.30. The summed E-state index contributed by atoms with van der Waals surface area (Å²) in [5.74, 6) is -0.0369. The highest BCUT2D eigenvalue weighted by Gasteiger charge is 2.52. The minimum atomic E-state index is -0.795. The van der Waals surface area contributed by atoms with Crippen molar-refractivity contribution in [3.05, 3.63) is 22.4 Å². The second-order valence-electron chi connectivity index (χ2n) is 7.28. The van der Waals surface area contributed by atoms with Gasteiger partial charge in [0.1, 0.15) is 5.54 Å². The molecule has 8 heteroatoms. The van der Waals surface area contributed by atoms with Gasteiger partial charge in [-0.05, 0) is 17.9 Å². The van der Waals surface area contributed by atoms with Gasteiger partial charge in [-0.1, -0.05) is 6.07 Å². The first-order chi connectivity index (χ1) is 12.6. The maximum atomic E-state index is 12.8. The summed E-state index contributed by atoms with van der Waals surface area (Å²) >= 11 is 1.69. The number of carbonyl (C=O) groups excluding carboxylic acids is 3. The Labute approximate surface area is 156 Å². The van der Waals surface area contributed by atoms with Gasteiger partial charge in [0.15, 0.2) is 0 Å². The van der Waals surface area contributed by atoms with E-state index in [1.165, 1.54) is 9.78 Å². The van der Waals surface area contributed by atoms with Crippen molar-refractivity contribution in [2.75, 3.05) is 32.8 Å². The number of hydrogen-bond acceptors (Lipinski definition) is 5. The van der Waals surface area contributed by atoms with Crippen molar-refractivity contribution in [1.82, 2.24) is 15.1 Å². The van der Waals surface area contributed by atoms with Crippen LogP contribution in [0.2, 0.25) is 0 Å². The summed E-state index contributed by atoms with van der Waals surface area (Å²) in [6.45, 7) is 2.58. The van der Waals surface area contributed by atoms with E-state index in [-0.39, 0.29) is 23.8 Å². The van der Waals surface area contributed by atoms with Crippen LogP contribution >= 0.6 is 11.3 Å². The summed E-state index contributed by atoms with van der Waals surface area (Å²) in [5.41, 5.74) is -0.795. The molecule has 1 unspecified atom stereocenters. The van der Waals surface area contributed by atoms with Crippen molar-refractivity contribution in [3.63, 3.8) is 0 Å². The van der Waals surface area contributed by atoms with E-state index in [9.17, 15) is 14.4 Å². The first-order valence-electron chi connectivity index (χ1n) is 9.09. The Balaban J connectivity index is 1.35. The molecule has 0 bridgehead atoms. The topological polar surface area (TPSA) is 79.0 Å². The van der Waals surface area contributed by atoms with Crippen LogP contribution in [0, 0.1) is 5.92 Å². The van der Waals surface area contributed by atoms with Crippen LogP contribution in [0.25, 0.3) is 0 Å². The van der Waals surface area contributed by atoms with Crippen molar-refractivity contribution in [2.45, 2.75) is 31.2 Å². The van der Waals surface area contributed by atoms with E-state index in [1.807, 2.05) is 16.3 Å². The van der Waals surface area contributed by atoms with Crippen LogP contribution in [0.4, 0.5) is 4.79 Å². The third-order valence-electron chi connectivity index (χ3n) is 5.54. The average Bonchev–Trinajstić information content (AvgIpc) is 3.31. The minimum Gasteiger partial charge on any atom is -0.381 e. The second kappa shape index (κ2) is 7.00. The summed E-state index contributed by atoms with van der Waals surface area (Å²) in [6.07, 6.45) is 2.29. The van der Waals surface area contributed by atoms with Crippen LogP contribution < -0.4 is 5.32 Å². The smallest absolute Gasteiger partial charge is 0.325 e. The fourth-order valence-electron chi connectivity index (χ4n) is 4.05. The van der Waals surface area contributed by atoms with Crippen LogP contribution in [0.1, 0.15) is 24.1 Å². The monoisotopic (exact) mass is 377 g/mol. The quantitative estimate of drug-likeness (QED) is 0.783. The third-order valence-corrected chi connectivity index (χ3v) is 6.47. The molecule has 0 aliphatic carbocycles. The molecule has 3 aliphatic rings. The molecule has 4 amide bonds. The SMILES string of the molecule is O=C1CC(CN2C(=O)NC3(CCOCC3)C2=O)CN1CCc1cccs1. The number of carbonyl (C=O) groups is 3. The minimum absolute atomic E-state index is 0.00975. The molecule has 4 heterocycles. The Morgan fingerprint density at radius 2 is 2.08 bits per heavy atom. The number of amides is 4. The molecule has 0 radical (unpaired) electrons. The number of ether oxygens (including phenoxy) is 1. The lowest BCUT2D eigenvalue weighted by Crippen LogP contribution is -2.51. The van der Waals surface area contributed by atoms with E-state index in [2.05, 4.69) is 11.4 Å². The van der Waals surface area contributed by atoms with Crippen molar-refractivity contribution in [1.29, 1.82) is 0 Å². The number of rotatable bonds is 5. The zero-order chi connectivity index (χ0) is 18.1. The number of urea groups is 1. The summed E-state index contributed by atoms with van der Waals surface area (Å²) in [5, 5.41) is 4.90. The fraction of sp³-hybridized carbons (Fsp3) is 0.611. The molecule has 1 aromatic rings. The molecule has 3 aliphatic heterocycles. The molecule has 4 rings (SSSR count).